The van der Waals surface area contributed by atoms with Gasteiger partial charge in [0.1, 0.15) is 11.6 Å². The van der Waals surface area contributed by atoms with Gasteiger partial charge >= 0.3 is 12.5 Å². The van der Waals surface area contributed by atoms with Gasteiger partial charge in [-0.05, 0) is 42.0 Å². The normalized spacial score (nSPS) is 17.9. The quantitative estimate of drug-likeness (QED) is 0.408. The molecule has 1 amide bonds. The first-order valence-electron chi connectivity index (χ1n) is 10.1. The lowest BCUT2D eigenvalue weighted by atomic mass is 9.97. The van der Waals surface area contributed by atoms with Gasteiger partial charge in [-0.2, -0.15) is 18.3 Å². The van der Waals surface area contributed by atoms with Crippen molar-refractivity contribution < 1.29 is 35.9 Å². The van der Waals surface area contributed by atoms with Crippen LogP contribution in [-0.4, -0.2) is 35.3 Å². The van der Waals surface area contributed by atoms with Crippen molar-refractivity contribution in [3.05, 3.63) is 70.9 Å². The molecule has 0 saturated carbocycles. The summed E-state index contributed by atoms with van der Waals surface area (Å²) in [5.41, 5.74) is 0.508. The number of carbonyl (C=O) groups excluding carboxylic acids is 1. The Bertz CT molecular complexity index is 1210. The summed E-state index contributed by atoms with van der Waals surface area (Å²) in [6, 6.07) is 9.35. The molecule has 0 bridgehead atoms. The summed E-state index contributed by atoms with van der Waals surface area (Å²) in [5, 5.41) is 7.32. The maximum absolute atomic E-state index is 13.9. The third kappa shape index (κ3) is 5.47. The average Bonchev–Trinajstić information content (AvgIpc) is 3.21. The van der Waals surface area contributed by atoms with E-state index in [1.54, 1.807) is 24.3 Å². The van der Waals surface area contributed by atoms with E-state index in [1.165, 1.54) is 25.2 Å². The molecule has 1 aromatic heterocycles. The lowest BCUT2D eigenvalue weighted by Gasteiger charge is -2.33. The molecular formula is C22H17ClF6N4O2. The number of hydrogen-bond donors (Lipinski definition) is 1. The van der Waals surface area contributed by atoms with E-state index in [2.05, 4.69) is 15.2 Å². The Kier molecular flexibility index (Phi) is 6.34. The third-order valence-corrected chi connectivity index (χ3v) is 5.70. The van der Waals surface area contributed by atoms with Crippen LogP contribution in [0.2, 0.25) is 5.02 Å². The largest absolute Gasteiger partial charge is 0.573 e. The predicted octanol–water partition coefficient (Wildman–Crippen LogP) is 6.37. The maximum atomic E-state index is 13.9. The lowest BCUT2D eigenvalue weighted by Crippen LogP contribution is -2.35. The molecule has 186 valence electrons. The molecule has 0 aliphatic carbocycles. The number of fused-ring (bicyclic) bond motifs is 1. The monoisotopic (exact) mass is 518 g/mol. The summed E-state index contributed by atoms with van der Waals surface area (Å²) in [5.74, 6) is -1.23. The van der Waals surface area contributed by atoms with Crippen molar-refractivity contribution in [2.75, 3.05) is 17.3 Å². The standard InChI is InChI=1S/C22H17ClF6N4O2/c1-32(14-6-8-15(9-7-14)35-22(27,28)29)20(34)17-11-19-30-16(12-2-4-13(23)5-3-12)10-18(21(24,25)26)33(19)31-17/h2-9,11,16,18,30H,10H2,1H3/t16-,18+/m1/s1. The van der Waals surface area contributed by atoms with E-state index in [-0.39, 0.29) is 23.6 Å². The van der Waals surface area contributed by atoms with Gasteiger partial charge in [-0.25, -0.2) is 4.68 Å². The van der Waals surface area contributed by atoms with Crippen LogP contribution in [0.25, 0.3) is 0 Å². The smallest absolute Gasteiger partial charge is 0.406 e. The number of nitrogens with one attached hydrogen (secondary N) is 1. The highest BCUT2D eigenvalue weighted by molar-refractivity contribution is 6.30. The van der Waals surface area contributed by atoms with Crippen LogP contribution in [0.3, 0.4) is 0 Å². The number of amides is 1. The van der Waals surface area contributed by atoms with Gasteiger partial charge < -0.3 is 15.0 Å². The van der Waals surface area contributed by atoms with Gasteiger partial charge in [-0.3, -0.25) is 4.79 Å². The molecule has 4 rings (SSSR count). The number of nitrogens with zero attached hydrogens (tertiary/aromatic N) is 3. The molecule has 2 atom stereocenters. The van der Waals surface area contributed by atoms with Crippen LogP contribution in [0.4, 0.5) is 37.8 Å². The van der Waals surface area contributed by atoms with Gasteiger partial charge in [0.15, 0.2) is 11.7 Å². The minimum atomic E-state index is -4.87. The minimum Gasteiger partial charge on any atom is -0.406 e. The number of aromatic nitrogens is 2. The summed E-state index contributed by atoms with van der Waals surface area (Å²) < 4.78 is 83.1. The van der Waals surface area contributed by atoms with Gasteiger partial charge in [0.25, 0.3) is 5.91 Å². The molecule has 6 nitrogen and oxygen atoms in total. The molecule has 1 aliphatic heterocycles. The number of rotatable bonds is 4. The molecule has 2 heterocycles. The fraction of sp³-hybridized carbons (Fsp3) is 0.273. The van der Waals surface area contributed by atoms with E-state index in [0.717, 1.165) is 21.7 Å². The fourth-order valence-corrected chi connectivity index (χ4v) is 3.88. The summed E-state index contributed by atoms with van der Waals surface area (Å²) in [6.45, 7) is 0. The Balaban J connectivity index is 1.59. The topological polar surface area (TPSA) is 59.4 Å². The van der Waals surface area contributed by atoms with E-state index >= 15 is 0 Å². The van der Waals surface area contributed by atoms with E-state index in [9.17, 15) is 31.1 Å². The Hall–Kier alpha value is -3.41. The van der Waals surface area contributed by atoms with Crippen molar-refractivity contribution in [1.82, 2.24) is 9.78 Å². The Morgan fingerprint density at radius 1 is 1.09 bits per heavy atom. The molecule has 1 N–H and O–H groups in total. The molecule has 2 aromatic carbocycles. The molecular weight excluding hydrogens is 502 g/mol. The van der Waals surface area contributed by atoms with Crippen molar-refractivity contribution in [1.29, 1.82) is 0 Å². The van der Waals surface area contributed by atoms with Crippen LogP contribution >= 0.6 is 11.6 Å². The Morgan fingerprint density at radius 3 is 2.29 bits per heavy atom. The lowest BCUT2D eigenvalue weighted by molar-refractivity contribution is -0.274. The fourth-order valence-electron chi connectivity index (χ4n) is 3.75. The zero-order valence-electron chi connectivity index (χ0n) is 17.9. The van der Waals surface area contributed by atoms with Crippen molar-refractivity contribution in [3.63, 3.8) is 0 Å². The molecule has 0 fully saturated rings. The van der Waals surface area contributed by atoms with Gasteiger partial charge in [0.2, 0.25) is 0 Å². The van der Waals surface area contributed by atoms with Crippen molar-refractivity contribution >= 4 is 29.0 Å². The first kappa shape index (κ1) is 24.7. The highest BCUT2D eigenvalue weighted by atomic mass is 35.5. The van der Waals surface area contributed by atoms with E-state index in [4.69, 9.17) is 11.6 Å². The number of carbonyl (C=O) groups is 1. The van der Waals surface area contributed by atoms with Gasteiger partial charge in [-0.1, -0.05) is 23.7 Å². The highest BCUT2D eigenvalue weighted by Gasteiger charge is 2.47. The average molecular weight is 519 g/mol. The molecule has 0 saturated heterocycles. The van der Waals surface area contributed by atoms with E-state index < -0.39 is 36.3 Å². The van der Waals surface area contributed by atoms with Crippen LogP contribution in [-0.2, 0) is 0 Å². The summed E-state index contributed by atoms with van der Waals surface area (Å²) in [4.78, 5) is 14.0. The van der Waals surface area contributed by atoms with Crippen LogP contribution in [0.15, 0.2) is 54.6 Å². The van der Waals surface area contributed by atoms with Crippen LogP contribution < -0.4 is 15.0 Å². The zero-order chi connectivity index (χ0) is 25.5. The number of alkyl halides is 6. The molecule has 3 aromatic rings. The number of hydrogen-bond acceptors (Lipinski definition) is 4. The molecule has 13 heteroatoms. The number of anilines is 2. The van der Waals surface area contributed by atoms with Crippen LogP contribution in [0.5, 0.6) is 5.75 Å². The highest BCUT2D eigenvalue weighted by Crippen LogP contribution is 2.44. The molecule has 0 spiro atoms. The minimum absolute atomic E-state index is 0.00389. The van der Waals surface area contributed by atoms with Gasteiger partial charge in [0.05, 0.1) is 6.04 Å². The number of halogens is 7. The molecule has 0 radical (unpaired) electrons. The second-order valence-electron chi connectivity index (χ2n) is 7.81. The van der Waals surface area contributed by atoms with Crippen molar-refractivity contribution in [2.45, 2.75) is 31.0 Å². The van der Waals surface area contributed by atoms with E-state index in [0.29, 0.717) is 10.6 Å². The van der Waals surface area contributed by atoms with Crippen LogP contribution in [0, 0.1) is 0 Å². The van der Waals surface area contributed by atoms with Gasteiger partial charge in [0, 0.05) is 30.2 Å². The Morgan fingerprint density at radius 2 is 1.71 bits per heavy atom. The molecule has 35 heavy (non-hydrogen) atoms. The third-order valence-electron chi connectivity index (χ3n) is 5.44. The predicted molar refractivity (Wildman–Crippen MR) is 116 cm³/mol. The summed E-state index contributed by atoms with van der Waals surface area (Å²) in [7, 11) is 1.32. The Labute approximate surface area is 200 Å². The number of benzene rings is 2. The zero-order valence-corrected chi connectivity index (χ0v) is 18.6. The first-order valence-corrected chi connectivity index (χ1v) is 10.5. The SMILES string of the molecule is CN(C(=O)c1cc2n(n1)[C@H](C(F)(F)F)C[C@H](c1ccc(Cl)cc1)N2)c1ccc(OC(F)(F)F)cc1. The second kappa shape index (κ2) is 8.99. The molecule has 1 aliphatic rings. The number of ether oxygens (including phenoxy) is 1. The summed E-state index contributed by atoms with van der Waals surface area (Å²) >= 11 is 5.87. The summed E-state index contributed by atoms with van der Waals surface area (Å²) in [6.07, 6.45) is -9.86. The van der Waals surface area contributed by atoms with Crippen molar-refractivity contribution in [2.24, 2.45) is 0 Å². The van der Waals surface area contributed by atoms with Gasteiger partial charge in [-0.15, -0.1) is 13.2 Å². The maximum Gasteiger partial charge on any atom is 0.573 e. The van der Waals surface area contributed by atoms with Crippen molar-refractivity contribution in [3.8, 4) is 5.75 Å². The first-order chi connectivity index (χ1) is 16.3. The second-order valence-corrected chi connectivity index (χ2v) is 8.24. The molecule has 0 unspecified atom stereocenters. The van der Waals surface area contributed by atoms with Crippen LogP contribution in [0.1, 0.15) is 34.6 Å². The van der Waals surface area contributed by atoms with E-state index in [1.807, 2.05) is 0 Å².